The van der Waals surface area contributed by atoms with E-state index in [2.05, 4.69) is 34.9 Å². The molecule has 5 rings (SSSR count). The van der Waals surface area contributed by atoms with Gasteiger partial charge in [-0.3, -0.25) is 4.79 Å². The number of aromatic hydroxyl groups is 1. The van der Waals surface area contributed by atoms with Crippen molar-refractivity contribution in [2.75, 3.05) is 11.9 Å². The quantitative estimate of drug-likeness (QED) is 0.554. The fraction of sp³-hybridized carbons (Fsp3) is 0.227. The van der Waals surface area contributed by atoms with Crippen molar-refractivity contribution < 1.29 is 14.8 Å². The van der Waals surface area contributed by atoms with E-state index in [0.29, 0.717) is 5.56 Å². The van der Waals surface area contributed by atoms with Crippen LogP contribution in [0.25, 0.3) is 0 Å². The Labute approximate surface area is 167 Å². The van der Waals surface area contributed by atoms with Crippen LogP contribution in [0.2, 0.25) is 0 Å². The summed E-state index contributed by atoms with van der Waals surface area (Å²) in [5.74, 6) is 0.134. The normalized spacial score (nSPS) is 20.6. The van der Waals surface area contributed by atoms with Crippen LogP contribution in [0.4, 0.5) is 5.00 Å². The van der Waals surface area contributed by atoms with Gasteiger partial charge in [0.2, 0.25) is 0 Å². The summed E-state index contributed by atoms with van der Waals surface area (Å²) in [6.07, 6.45) is 0.508. The van der Waals surface area contributed by atoms with Crippen molar-refractivity contribution in [2.24, 2.45) is 0 Å². The molecule has 0 bridgehead atoms. The van der Waals surface area contributed by atoms with Crippen molar-refractivity contribution >= 4 is 22.2 Å². The van der Waals surface area contributed by atoms with E-state index < -0.39 is 6.17 Å². The Hall–Kier alpha value is -2.83. The number of quaternary nitrogens is 1. The van der Waals surface area contributed by atoms with Crippen molar-refractivity contribution in [3.8, 4) is 5.75 Å². The fourth-order valence-electron chi connectivity index (χ4n) is 4.17. The second-order valence-corrected chi connectivity index (χ2v) is 8.51. The highest BCUT2D eigenvalue weighted by atomic mass is 32.1. The molecule has 2 aromatic carbocycles. The second-order valence-electron chi connectivity index (χ2n) is 7.41. The summed E-state index contributed by atoms with van der Waals surface area (Å²) in [4.78, 5) is 15.7. The number of benzene rings is 2. The van der Waals surface area contributed by atoms with Crippen LogP contribution in [0.5, 0.6) is 5.75 Å². The van der Waals surface area contributed by atoms with Gasteiger partial charge < -0.3 is 20.6 Å². The first-order chi connectivity index (χ1) is 13.7. The zero-order chi connectivity index (χ0) is 19.1. The van der Waals surface area contributed by atoms with E-state index in [1.807, 2.05) is 18.2 Å². The molecule has 4 N–H and O–H groups in total. The van der Waals surface area contributed by atoms with Gasteiger partial charge in [0.1, 0.15) is 30.0 Å². The minimum absolute atomic E-state index is 0.0500. The van der Waals surface area contributed by atoms with Gasteiger partial charge in [0, 0.05) is 17.5 Å². The molecule has 0 saturated carbocycles. The van der Waals surface area contributed by atoms with Crippen LogP contribution in [0, 0.1) is 0 Å². The molecule has 2 aliphatic rings. The predicted octanol–water partition coefficient (Wildman–Crippen LogP) is 2.45. The summed E-state index contributed by atoms with van der Waals surface area (Å²) in [7, 11) is 0. The molecule has 28 heavy (non-hydrogen) atoms. The average molecular weight is 393 g/mol. The highest BCUT2D eigenvalue weighted by molar-refractivity contribution is 7.16. The van der Waals surface area contributed by atoms with Gasteiger partial charge in [-0.2, -0.15) is 0 Å². The Bertz CT molecular complexity index is 1030. The number of carbonyl (C=O) groups is 1. The number of fused-ring (bicyclic) bond motifs is 3. The molecule has 1 aromatic heterocycles. The Morgan fingerprint density at radius 2 is 1.86 bits per heavy atom. The van der Waals surface area contributed by atoms with Gasteiger partial charge >= 0.3 is 0 Å². The minimum atomic E-state index is -0.408. The van der Waals surface area contributed by atoms with E-state index in [4.69, 9.17) is 0 Å². The highest BCUT2D eigenvalue weighted by Crippen LogP contribution is 2.40. The fourth-order valence-corrected chi connectivity index (χ4v) is 5.52. The maximum Gasteiger partial charge on any atom is 0.256 e. The lowest BCUT2D eigenvalue weighted by molar-refractivity contribution is -0.929. The van der Waals surface area contributed by atoms with Crippen molar-refractivity contribution in [1.82, 2.24) is 5.32 Å². The number of amides is 1. The maximum atomic E-state index is 12.9. The molecule has 0 fully saturated rings. The number of phenolic OH excluding ortho intramolecular Hbond substituents is 1. The smallest absolute Gasteiger partial charge is 0.256 e. The maximum absolute atomic E-state index is 12.9. The number of para-hydroxylation sites is 1. The van der Waals surface area contributed by atoms with E-state index >= 15 is 0 Å². The summed E-state index contributed by atoms with van der Waals surface area (Å²) in [5, 5.41) is 17.5. The Kier molecular flexibility index (Phi) is 4.30. The number of nitrogens with one attached hydrogen (secondary N) is 3. The van der Waals surface area contributed by atoms with Crippen LogP contribution in [0.1, 0.15) is 38.1 Å². The van der Waals surface area contributed by atoms with Crippen LogP contribution in [0.3, 0.4) is 0 Å². The molecule has 3 heterocycles. The van der Waals surface area contributed by atoms with Gasteiger partial charge in [-0.15, -0.1) is 11.3 Å². The molecule has 142 valence electrons. The van der Waals surface area contributed by atoms with Gasteiger partial charge in [0.15, 0.2) is 0 Å². The Balaban J connectivity index is 1.40. The molecule has 2 aliphatic heterocycles. The van der Waals surface area contributed by atoms with Crippen molar-refractivity contribution in [3.63, 3.8) is 0 Å². The summed E-state index contributed by atoms with van der Waals surface area (Å²) >= 11 is 1.69. The zero-order valence-corrected chi connectivity index (χ0v) is 16.2. The lowest BCUT2D eigenvalue weighted by Gasteiger charge is -2.27. The third-order valence-corrected chi connectivity index (χ3v) is 6.72. The Morgan fingerprint density at radius 1 is 1.07 bits per heavy atom. The molecule has 5 nitrogen and oxygen atoms in total. The SMILES string of the molecule is O=C1NC(c2ccccc2O)Nc2sc3c(c21)CC[NH+](Cc1ccccc1)C3. The molecule has 0 saturated heterocycles. The first-order valence-corrected chi connectivity index (χ1v) is 10.4. The molecule has 6 heteroatoms. The summed E-state index contributed by atoms with van der Waals surface area (Å²) < 4.78 is 0. The van der Waals surface area contributed by atoms with E-state index in [9.17, 15) is 9.90 Å². The predicted molar refractivity (Wildman–Crippen MR) is 110 cm³/mol. The molecule has 0 spiro atoms. The number of phenols is 1. The molecule has 2 unspecified atom stereocenters. The van der Waals surface area contributed by atoms with E-state index in [-0.39, 0.29) is 11.7 Å². The largest absolute Gasteiger partial charge is 0.508 e. The molecule has 1 amide bonds. The van der Waals surface area contributed by atoms with E-state index in [0.717, 1.165) is 36.6 Å². The van der Waals surface area contributed by atoms with Crippen molar-refractivity contribution in [1.29, 1.82) is 0 Å². The summed E-state index contributed by atoms with van der Waals surface area (Å²) in [5.41, 5.74) is 4.02. The lowest BCUT2D eigenvalue weighted by atomic mass is 10.00. The van der Waals surface area contributed by atoms with E-state index in [1.54, 1.807) is 23.5 Å². The minimum Gasteiger partial charge on any atom is -0.508 e. The van der Waals surface area contributed by atoms with Gasteiger partial charge in [0.25, 0.3) is 5.91 Å². The first-order valence-electron chi connectivity index (χ1n) is 9.56. The van der Waals surface area contributed by atoms with Gasteiger partial charge in [-0.25, -0.2) is 0 Å². The topological polar surface area (TPSA) is 65.8 Å². The van der Waals surface area contributed by atoms with Crippen LogP contribution in [-0.2, 0) is 19.5 Å². The van der Waals surface area contributed by atoms with Gasteiger partial charge in [-0.05, 0) is 11.6 Å². The lowest BCUT2D eigenvalue weighted by Crippen LogP contribution is -3.10. The van der Waals surface area contributed by atoms with E-state index in [1.165, 1.54) is 20.9 Å². The van der Waals surface area contributed by atoms with Crippen molar-refractivity contribution in [3.05, 3.63) is 81.7 Å². The number of thiophene rings is 1. The molecular weight excluding hydrogens is 370 g/mol. The molecule has 2 atom stereocenters. The number of hydrogen-bond acceptors (Lipinski definition) is 4. The highest BCUT2D eigenvalue weighted by Gasteiger charge is 2.35. The summed E-state index contributed by atoms with van der Waals surface area (Å²) in [6, 6.07) is 17.7. The standard InChI is InChI=1S/C22H21N3O2S/c26-17-9-5-4-8-15(17)20-23-21(27)19-16-10-11-25(12-14-6-2-1-3-7-14)13-18(16)28-22(19)24-20/h1-9,20,24,26H,10-13H2,(H,23,27)/p+1. The Morgan fingerprint density at radius 3 is 2.68 bits per heavy atom. The third kappa shape index (κ3) is 3.04. The van der Waals surface area contributed by atoms with Gasteiger partial charge in [-0.1, -0.05) is 48.5 Å². The summed E-state index contributed by atoms with van der Waals surface area (Å²) in [6.45, 7) is 2.97. The van der Waals surface area contributed by atoms with Crippen molar-refractivity contribution in [2.45, 2.75) is 25.7 Å². The number of rotatable bonds is 3. The number of carbonyl (C=O) groups excluding carboxylic acids is 1. The number of hydrogen-bond donors (Lipinski definition) is 4. The third-order valence-electron chi connectivity index (χ3n) is 5.55. The van der Waals surface area contributed by atoms with Crippen LogP contribution in [-0.4, -0.2) is 17.6 Å². The first kappa shape index (κ1) is 17.3. The van der Waals surface area contributed by atoms with Crippen LogP contribution >= 0.6 is 11.3 Å². The molecule has 0 aliphatic carbocycles. The zero-order valence-electron chi connectivity index (χ0n) is 15.4. The second kappa shape index (κ2) is 6.96. The molecular formula is C22H22N3O2S+. The average Bonchev–Trinajstić information content (AvgIpc) is 3.07. The molecule has 0 radical (unpaired) electrons. The number of anilines is 1. The van der Waals surface area contributed by atoms with Crippen LogP contribution in [0.15, 0.2) is 54.6 Å². The monoisotopic (exact) mass is 392 g/mol. The van der Waals surface area contributed by atoms with Gasteiger partial charge in [0.05, 0.1) is 17.0 Å². The molecule has 3 aromatic rings. The van der Waals surface area contributed by atoms with Crippen LogP contribution < -0.4 is 15.5 Å².